The molecule has 2 heteroatoms. The van der Waals surface area contributed by atoms with Gasteiger partial charge < -0.3 is 4.55 Å². The summed E-state index contributed by atoms with van der Waals surface area (Å²) in [5.74, 6) is 0. The van der Waals surface area contributed by atoms with Gasteiger partial charge in [-0.3, -0.25) is 0 Å². The number of hydrogen-bond acceptors (Lipinski definition) is 2. The van der Waals surface area contributed by atoms with Gasteiger partial charge in [-0.15, -0.1) is 0 Å². The van der Waals surface area contributed by atoms with E-state index < -0.39 is 0 Å². The number of hydrogen-bond donors (Lipinski definition) is 1. The molecule has 0 atom stereocenters. The lowest BCUT2D eigenvalue weighted by Gasteiger charge is -2.05. The second-order valence-electron chi connectivity index (χ2n) is 3.43. The van der Waals surface area contributed by atoms with Crippen molar-refractivity contribution >= 4 is 12.0 Å². The zero-order chi connectivity index (χ0) is 10.7. The summed E-state index contributed by atoms with van der Waals surface area (Å²) >= 11 is 0.777. The summed E-state index contributed by atoms with van der Waals surface area (Å²) in [5, 5.41) is 0. The molecular weight excluding hydrogens is 204 g/mol. The SMILES string of the molecule is Cc1ccccc1-c1ccc(SO)cc1. The molecule has 0 radical (unpaired) electrons. The minimum Gasteiger partial charge on any atom is -0.325 e. The third kappa shape index (κ3) is 2.22. The van der Waals surface area contributed by atoms with Crippen LogP contribution in [0.2, 0.25) is 0 Å². The van der Waals surface area contributed by atoms with Crippen LogP contribution < -0.4 is 0 Å². The lowest BCUT2D eigenvalue weighted by molar-refractivity contribution is 0.664. The van der Waals surface area contributed by atoms with Crippen LogP contribution in [0.3, 0.4) is 0 Å². The van der Waals surface area contributed by atoms with Crippen LogP contribution >= 0.6 is 12.0 Å². The highest BCUT2D eigenvalue weighted by Crippen LogP contribution is 2.25. The maximum atomic E-state index is 8.87. The molecule has 76 valence electrons. The predicted molar refractivity (Wildman–Crippen MR) is 65.1 cm³/mol. The quantitative estimate of drug-likeness (QED) is 0.758. The van der Waals surface area contributed by atoms with E-state index in [1.54, 1.807) is 0 Å². The molecule has 2 rings (SSSR count). The van der Waals surface area contributed by atoms with Gasteiger partial charge in [0.2, 0.25) is 0 Å². The molecule has 0 saturated carbocycles. The third-order valence-corrected chi connectivity index (χ3v) is 2.90. The van der Waals surface area contributed by atoms with Crippen molar-refractivity contribution in [3.8, 4) is 11.1 Å². The maximum Gasteiger partial charge on any atom is 0.0351 e. The molecule has 1 nitrogen and oxygen atoms in total. The van der Waals surface area contributed by atoms with Gasteiger partial charge in [0.05, 0.1) is 0 Å². The van der Waals surface area contributed by atoms with Crippen molar-refractivity contribution in [3.63, 3.8) is 0 Å². The van der Waals surface area contributed by atoms with Crippen LogP contribution in [-0.4, -0.2) is 4.55 Å². The molecule has 0 aliphatic carbocycles. The average molecular weight is 216 g/mol. The van der Waals surface area contributed by atoms with Crippen LogP contribution in [-0.2, 0) is 0 Å². The summed E-state index contributed by atoms with van der Waals surface area (Å²) in [6.45, 7) is 2.10. The fourth-order valence-corrected chi connectivity index (χ4v) is 1.85. The minimum absolute atomic E-state index is 0.777. The molecule has 0 bridgehead atoms. The highest BCUT2D eigenvalue weighted by Gasteiger charge is 2.00. The number of rotatable bonds is 2. The average Bonchev–Trinajstić information content (AvgIpc) is 2.30. The van der Waals surface area contributed by atoms with E-state index in [2.05, 4.69) is 19.1 Å². The van der Waals surface area contributed by atoms with Crippen molar-refractivity contribution < 1.29 is 4.55 Å². The van der Waals surface area contributed by atoms with Crippen molar-refractivity contribution in [1.29, 1.82) is 0 Å². The molecule has 15 heavy (non-hydrogen) atoms. The molecule has 0 amide bonds. The largest absolute Gasteiger partial charge is 0.325 e. The molecule has 0 unspecified atom stereocenters. The highest BCUT2D eigenvalue weighted by atomic mass is 32.2. The Kier molecular flexibility index (Phi) is 3.09. The van der Waals surface area contributed by atoms with Crippen molar-refractivity contribution in [3.05, 3.63) is 54.1 Å². The summed E-state index contributed by atoms with van der Waals surface area (Å²) in [7, 11) is 0. The van der Waals surface area contributed by atoms with Crippen molar-refractivity contribution in [2.24, 2.45) is 0 Å². The molecule has 0 saturated heterocycles. The van der Waals surface area contributed by atoms with Crippen LogP contribution in [0.1, 0.15) is 5.56 Å². The van der Waals surface area contributed by atoms with Gasteiger partial charge in [0, 0.05) is 16.9 Å². The van der Waals surface area contributed by atoms with E-state index in [-0.39, 0.29) is 0 Å². The summed E-state index contributed by atoms with van der Waals surface area (Å²) in [4.78, 5) is 0.868. The molecule has 2 aromatic carbocycles. The Labute approximate surface area is 94.0 Å². The van der Waals surface area contributed by atoms with Gasteiger partial charge in [-0.2, -0.15) is 0 Å². The molecule has 0 heterocycles. The lowest BCUT2D eigenvalue weighted by Crippen LogP contribution is -1.82. The van der Waals surface area contributed by atoms with E-state index in [0.29, 0.717) is 0 Å². The second-order valence-corrected chi connectivity index (χ2v) is 4.08. The van der Waals surface area contributed by atoms with Crippen molar-refractivity contribution in [2.45, 2.75) is 11.8 Å². The summed E-state index contributed by atoms with van der Waals surface area (Å²) in [5.41, 5.74) is 3.69. The molecule has 0 aliphatic heterocycles. The molecule has 0 spiro atoms. The molecule has 0 fully saturated rings. The van der Waals surface area contributed by atoms with Crippen LogP contribution in [0, 0.1) is 6.92 Å². The zero-order valence-electron chi connectivity index (χ0n) is 8.47. The van der Waals surface area contributed by atoms with E-state index >= 15 is 0 Å². The Hall–Kier alpha value is -1.25. The number of aryl methyl sites for hydroxylation is 1. The van der Waals surface area contributed by atoms with Crippen molar-refractivity contribution in [1.82, 2.24) is 0 Å². The molecule has 0 aliphatic rings. The predicted octanol–water partition coefficient (Wildman–Crippen LogP) is 4.23. The molecule has 0 aromatic heterocycles. The third-order valence-electron chi connectivity index (χ3n) is 2.42. The fourth-order valence-electron chi connectivity index (χ4n) is 1.59. The fraction of sp³-hybridized carbons (Fsp3) is 0.0769. The van der Waals surface area contributed by atoms with Gasteiger partial charge in [0.15, 0.2) is 0 Å². The molecule has 2 aromatic rings. The first-order chi connectivity index (χ1) is 7.31. The van der Waals surface area contributed by atoms with Crippen molar-refractivity contribution in [2.75, 3.05) is 0 Å². The van der Waals surface area contributed by atoms with Gasteiger partial charge in [-0.1, -0.05) is 36.4 Å². The topological polar surface area (TPSA) is 20.2 Å². The Morgan fingerprint density at radius 3 is 2.20 bits per heavy atom. The van der Waals surface area contributed by atoms with E-state index in [1.807, 2.05) is 36.4 Å². The normalized spacial score (nSPS) is 10.3. The molecule has 1 N–H and O–H groups in total. The van der Waals surface area contributed by atoms with Gasteiger partial charge >= 0.3 is 0 Å². The number of benzene rings is 2. The van der Waals surface area contributed by atoms with Crippen LogP contribution in [0.15, 0.2) is 53.4 Å². The van der Waals surface area contributed by atoms with E-state index in [9.17, 15) is 0 Å². The van der Waals surface area contributed by atoms with E-state index in [1.165, 1.54) is 16.7 Å². The smallest absolute Gasteiger partial charge is 0.0351 e. The monoisotopic (exact) mass is 216 g/mol. The van der Waals surface area contributed by atoms with Gasteiger partial charge in [0.1, 0.15) is 0 Å². The first kappa shape index (κ1) is 10.3. The first-order valence-corrected chi connectivity index (χ1v) is 5.56. The van der Waals surface area contributed by atoms with Gasteiger partial charge in [-0.25, -0.2) is 0 Å². The van der Waals surface area contributed by atoms with Crippen LogP contribution in [0.4, 0.5) is 0 Å². The maximum absolute atomic E-state index is 8.87. The Bertz CT molecular complexity index is 448. The summed E-state index contributed by atoms with van der Waals surface area (Å²) < 4.78 is 8.87. The Morgan fingerprint density at radius 2 is 1.60 bits per heavy atom. The Morgan fingerprint density at radius 1 is 0.933 bits per heavy atom. The van der Waals surface area contributed by atoms with Crippen LogP contribution in [0.5, 0.6) is 0 Å². The van der Waals surface area contributed by atoms with Gasteiger partial charge in [-0.05, 0) is 35.7 Å². The summed E-state index contributed by atoms with van der Waals surface area (Å²) in [6, 6.07) is 16.2. The minimum atomic E-state index is 0.777. The second kappa shape index (κ2) is 4.51. The standard InChI is InChI=1S/C13H12OS/c1-10-4-2-3-5-13(10)11-6-8-12(15-14)9-7-11/h2-9,14H,1H3. The molecular formula is C13H12OS. The Balaban J connectivity index is 2.42. The van der Waals surface area contributed by atoms with E-state index in [0.717, 1.165) is 16.9 Å². The van der Waals surface area contributed by atoms with E-state index in [4.69, 9.17) is 4.55 Å². The lowest BCUT2D eigenvalue weighted by atomic mass is 10.0. The first-order valence-electron chi connectivity index (χ1n) is 4.79. The highest BCUT2D eigenvalue weighted by molar-refractivity contribution is 7.93. The van der Waals surface area contributed by atoms with Gasteiger partial charge in [0.25, 0.3) is 0 Å². The van der Waals surface area contributed by atoms with Crippen LogP contribution in [0.25, 0.3) is 11.1 Å². The summed E-state index contributed by atoms with van der Waals surface area (Å²) in [6.07, 6.45) is 0. The zero-order valence-corrected chi connectivity index (χ0v) is 9.29.